The first-order valence-corrected chi connectivity index (χ1v) is 15.4. The van der Waals surface area contributed by atoms with Crippen LogP contribution in [0.15, 0.2) is 60.8 Å². The molecule has 13 heteroatoms. The summed E-state index contributed by atoms with van der Waals surface area (Å²) < 4.78 is 0. The van der Waals surface area contributed by atoms with Crippen LogP contribution in [-0.4, -0.2) is 63.2 Å². The molecular weight excluding hydrogens is 611 g/mol. The third-order valence-corrected chi connectivity index (χ3v) is 8.22. The van der Waals surface area contributed by atoms with Gasteiger partial charge in [-0.15, -0.1) is 0 Å². The van der Waals surface area contributed by atoms with E-state index in [9.17, 15) is 4.79 Å². The number of hydrogen-bond donors (Lipinski definition) is 6. The maximum atomic E-state index is 12.2. The van der Waals surface area contributed by atoms with Gasteiger partial charge in [-0.25, -0.2) is 4.98 Å². The Balaban J connectivity index is 0.000000256. The number of benzene rings is 3. The number of carbonyl (C=O) groups is 1. The van der Waals surface area contributed by atoms with E-state index in [0.29, 0.717) is 33.1 Å². The van der Waals surface area contributed by atoms with Crippen molar-refractivity contribution in [2.45, 2.75) is 13.1 Å². The van der Waals surface area contributed by atoms with Crippen molar-refractivity contribution in [1.29, 1.82) is 0 Å². The topological polar surface area (TPSA) is 136 Å². The van der Waals surface area contributed by atoms with Crippen LogP contribution in [0.2, 0.25) is 10.0 Å². The van der Waals surface area contributed by atoms with Crippen molar-refractivity contribution in [3.63, 3.8) is 0 Å². The van der Waals surface area contributed by atoms with Crippen molar-refractivity contribution in [1.82, 2.24) is 25.9 Å². The second-order valence-corrected chi connectivity index (χ2v) is 11.6. The van der Waals surface area contributed by atoms with Gasteiger partial charge in [-0.2, -0.15) is 4.98 Å². The standard InChI is InChI=1S/C22H23Cl2N7O.C10H15N3/c1-25-21(32)15-4-3-5-16(23)19(15)29-20-17(24)12-27-22(30-20)28-14-7-6-13-11-26-8-9-31(2)18(13)10-14;1-13-5-4-12-7-8-2-3-9(11)6-10(8)13/h3-7,10,12,26H,8-9,11H2,1-2H3,(H,25,32)(H2,27,28,29,30);2-3,6,12H,4-5,7,11H2,1H3. The zero-order valence-corrected chi connectivity index (χ0v) is 27.1. The van der Waals surface area contributed by atoms with E-state index in [1.807, 2.05) is 18.2 Å². The zero-order chi connectivity index (χ0) is 31.9. The first kappa shape index (κ1) is 32.1. The number of nitrogens with zero attached hydrogens (tertiary/aromatic N) is 4. The maximum absolute atomic E-state index is 12.2. The summed E-state index contributed by atoms with van der Waals surface area (Å²) in [4.78, 5) is 25.5. The second-order valence-electron chi connectivity index (χ2n) is 10.8. The third-order valence-electron chi connectivity index (χ3n) is 7.62. The SMILES string of the molecule is CN1CCNCc2ccc(N)cc21.CNC(=O)c1cccc(Cl)c1Nc1nc(Nc2ccc3c(c2)N(C)CCNC3)ncc1Cl. The van der Waals surface area contributed by atoms with Crippen molar-refractivity contribution in [2.75, 3.05) is 73.5 Å². The molecule has 0 saturated heterocycles. The summed E-state index contributed by atoms with van der Waals surface area (Å²) in [5.41, 5.74) is 13.2. The fourth-order valence-electron chi connectivity index (χ4n) is 5.15. The lowest BCUT2D eigenvalue weighted by molar-refractivity contribution is 0.0964. The molecule has 3 aromatic carbocycles. The number of aromatic nitrogens is 2. The number of anilines is 7. The van der Waals surface area contributed by atoms with E-state index in [0.717, 1.165) is 56.3 Å². The highest BCUT2D eigenvalue weighted by atomic mass is 35.5. The van der Waals surface area contributed by atoms with Crippen LogP contribution in [0.4, 0.5) is 40.2 Å². The molecule has 0 aliphatic carbocycles. The first-order valence-electron chi connectivity index (χ1n) is 14.7. The molecule has 0 atom stereocenters. The van der Waals surface area contributed by atoms with E-state index in [1.165, 1.54) is 23.0 Å². The van der Waals surface area contributed by atoms with Gasteiger partial charge in [0.15, 0.2) is 5.82 Å². The summed E-state index contributed by atoms with van der Waals surface area (Å²) in [6.07, 6.45) is 1.50. The van der Waals surface area contributed by atoms with Crippen molar-refractivity contribution < 1.29 is 4.79 Å². The molecule has 0 radical (unpaired) electrons. The molecule has 1 aromatic heterocycles. The Morgan fingerprint density at radius 1 is 0.889 bits per heavy atom. The molecule has 11 nitrogen and oxygen atoms in total. The minimum Gasteiger partial charge on any atom is -0.399 e. The van der Waals surface area contributed by atoms with Gasteiger partial charge in [-0.3, -0.25) is 4.79 Å². The number of rotatable bonds is 5. The summed E-state index contributed by atoms with van der Waals surface area (Å²) in [5, 5.41) is 16.4. The van der Waals surface area contributed by atoms with Gasteiger partial charge in [0.2, 0.25) is 5.95 Å². The van der Waals surface area contributed by atoms with Crippen LogP contribution in [0.3, 0.4) is 0 Å². The van der Waals surface area contributed by atoms with Crippen LogP contribution in [-0.2, 0) is 13.1 Å². The van der Waals surface area contributed by atoms with Crippen molar-refractivity contribution in [3.8, 4) is 0 Å². The normalized spacial score (nSPS) is 14.2. The summed E-state index contributed by atoms with van der Waals surface area (Å²) in [7, 11) is 5.73. The zero-order valence-electron chi connectivity index (χ0n) is 25.5. The predicted octanol–water partition coefficient (Wildman–Crippen LogP) is 4.98. The van der Waals surface area contributed by atoms with E-state index >= 15 is 0 Å². The minimum absolute atomic E-state index is 0.276. The predicted molar refractivity (Wildman–Crippen MR) is 186 cm³/mol. The number of likely N-dealkylation sites (N-methyl/N-ethyl adjacent to an activating group) is 2. The quantitative estimate of drug-likeness (QED) is 0.165. The Morgan fingerprint density at radius 3 is 2.24 bits per heavy atom. The Morgan fingerprint density at radius 2 is 1.56 bits per heavy atom. The smallest absolute Gasteiger partial charge is 0.253 e. The molecule has 0 bridgehead atoms. The monoisotopic (exact) mass is 648 g/mol. The summed E-state index contributed by atoms with van der Waals surface area (Å²) in [6, 6.07) is 17.3. The molecule has 0 saturated carbocycles. The van der Waals surface area contributed by atoms with Gasteiger partial charge < -0.3 is 42.1 Å². The molecule has 2 aliphatic rings. The average molecular weight is 650 g/mol. The Hall–Kier alpha value is -4.29. The highest BCUT2D eigenvalue weighted by molar-refractivity contribution is 6.35. The molecule has 7 N–H and O–H groups in total. The van der Waals surface area contributed by atoms with Crippen LogP contribution < -0.4 is 42.1 Å². The Bertz CT molecular complexity index is 1670. The minimum atomic E-state index is -0.276. The van der Waals surface area contributed by atoms with Gasteiger partial charge in [-0.1, -0.05) is 41.4 Å². The lowest BCUT2D eigenvalue weighted by atomic mass is 10.1. The number of para-hydroxylation sites is 1. The van der Waals surface area contributed by atoms with E-state index < -0.39 is 0 Å². The fraction of sp³-hybridized carbons (Fsp3) is 0.281. The van der Waals surface area contributed by atoms with Crippen molar-refractivity contribution in [2.24, 2.45) is 0 Å². The van der Waals surface area contributed by atoms with Gasteiger partial charge in [0, 0.05) is 83.2 Å². The lowest BCUT2D eigenvalue weighted by Gasteiger charge is -2.20. The van der Waals surface area contributed by atoms with Crippen molar-refractivity contribution in [3.05, 3.63) is 87.5 Å². The van der Waals surface area contributed by atoms with Gasteiger partial charge in [-0.05, 0) is 47.5 Å². The molecule has 1 amide bonds. The highest BCUT2D eigenvalue weighted by Gasteiger charge is 2.17. The third kappa shape index (κ3) is 7.87. The van der Waals surface area contributed by atoms with Crippen molar-refractivity contribution >= 4 is 69.3 Å². The van der Waals surface area contributed by atoms with Crippen LogP contribution in [0.5, 0.6) is 0 Å². The molecule has 45 heavy (non-hydrogen) atoms. The van der Waals surface area contributed by atoms with E-state index in [2.05, 4.69) is 78.6 Å². The second kappa shape index (κ2) is 14.7. The maximum Gasteiger partial charge on any atom is 0.253 e. The van der Waals surface area contributed by atoms with Crippen LogP contribution in [0.25, 0.3) is 0 Å². The van der Waals surface area contributed by atoms with Crippen LogP contribution >= 0.6 is 23.2 Å². The van der Waals surface area contributed by atoms with Gasteiger partial charge >= 0.3 is 0 Å². The number of nitrogens with two attached hydrogens (primary N) is 1. The average Bonchev–Trinajstić information content (AvgIpc) is 3.34. The Labute approximate surface area is 273 Å². The Kier molecular flexibility index (Phi) is 10.5. The number of nitrogens with one attached hydrogen (secondary N) is 5. The first-order chi connectivity index (χ1) is 21.7. The number of nitrogen functional groups attached to an aromatic ring is 1. The number of carbonyl (C=O) groups excluding carboxylic acids is 1. The molecule has 3 heterocycles. The van der Waals surface area contributed by atoms with Crippen LogP contribution in [0.1, 0.15) is 21.5 Å². The molecular formula is C32H38Cl2N10O. The number of halogens is 2. The molecule has 0 fully saturated rings. The molecule has 0 unspecified atom stereocenters. The van der Waals surface area contributed by atoms with Gasteiger partial charge in [0.1, 0.15) is 5.02 Å². The number of fused-ring (bicyclic) bond motifs is 2. The lowest BCUT2D eigenvalue weighted by Crippen LogP contribution is -2.24. The van der Waals surface area contributed by atoms with E-state index in [-0.39, 0.29) is 5.91 Å². The number of hydrogen-bond acceptors (Lipinski definition) is 10. The largest absolute Gasteiger partial charge is 0.399 e. The van der Waals surface area contributed by atoms with E-state index in [4.69, 9.17) is 28.9 Å². The van der Waals surface area contributed by atoms with Gasteiger partial charge in [0.05, 0.1) is 22.5 Å². The van der Waals surface area contributed by atoms with Gasteiger partial charge in [0.25, 0.3) is 5.91 Å². The molecule has 4 aromatic rings. The van der Waals surface area contributed by atoms with Crippen LogP contribution in [0, 0.1) is 0 Å². The fourth-order valence-corrected chi connectivity index (χ4v) is 5.51. The molecule has 0 spiro atoms. The summed E-state index contributed by atoms with van der Waals surface area (Å²) in [6.45, 7) is 5.70. The summed E-state index contributed by atoms with van der Waals surface area (Å²) in [5.74, 6) is 0.417. The molecule has 6 rings (SSSR count). The summed E-state index contributed by atoms with van der Waals surface area (Å²) >= 11 is 12.7. The van der Waals surface area contributed by atoms with E-state index in [1.54, 1.807) is 25.2 Å². The molecule has 236 valence electrons. The number of amides is 1. The molecule has 2 aliphatic heterocycles. The highest BCUT2D eigenvalue weighted by Crippen LogP contribution is 2.33.